The Kier molecular flexibility index (Phi) is 4.87. The highest BCUT2D eigenvalue weighted by atomic mass is 31.2. The molecule has 33 heavy (non-hydrogen) atoms. The highest BCUT2D eigenvalue weighted by molar-refractivity contribution is 7.70. The van der Waals surface area contributed by atoms with Gasteiger partial charge in [-0.25, -0.2) is 19.0 Å². The summed E-state index contributed by atoms with van der Waals surface area (Å²) in [5, 5.41) is 9.77. The van der Waals surface area contributed by atoms with Crippen LogP contribution in [0.5, 0.6) is 0 Å². The minimum absolute atomic E-state index is 0.221. The topological polar surface area (TPSA) is 86.5 Å². The molecule has 5 rings (SSSR count). The van der Waals surface area contributed by atoms with Crippen molar-refractivity contribution in [2.24, 2.45) is 0 Å². The highest BCUT2D eigenvalue weighted by Crippen LogP contribution is 2.36. The van der Waals surface area contributed by atoms with Gasteiger partial charge in [0, 0.05) is 22.5 Å². The van der Waals surface area contributed by atoms with Crippen LogP contribution in [0.15, 0.2) is 60.9 Å². The Morgan fingerprint density at radius 3 is 2.61 bits per heavy atom. The van der Waals surface area contributed by atoms with Gasteiger partial charge in [0.05, 0.1) is 22.9 Å². The van der Waals surface area contributed by atoms with E-state index >= 15 is 0 Å². The van der Waals surface area contributed by atoms with E-state index in [2.05, 4.69) is 26.3 Å². The maximum absolute atomic E-state index is 14.6. The molecule has 166 valence electrons. The fourth-order valence-corrected chi connectivity index (χ4v) is 4.92. The van der Waals surface area contributed by atoms with Gasteiger partial charge >= 0.3 is 0 Å². The molecule has 0 saturated carbocycles. The van der Waals surface area contributed by atoms with Gasteiger partial charge in [-0.1, -0.05) is 23.4 Å². The fraction of sp³-hybridized carbons (Fsp3) is 0.208. The summed E-state index contributed by atoms with van der Waals surface area (Å²) < 4.78 is 28.7. The van der Waals surface area contributed by atoms with E-state index in [4.69, 9.17) is 4.98 Å². The zero-order valence-corrected chi connectivity index (χ0v) is 19.6. The summed E-state index contributed by atoms with van der Waals surface area (Å²) in [5.74, 6) is -0.514. The lowest BCUT2D eigenvalue weighted by molar-refractivity contribution is 0.391. The van der Waals surface area contributed by atoms with Crippen LogP contribution >= 0.6 is 7.14 Å². The van der Waals surface area contributed by atoms with Gasteiger partial charge in [-0.05, 0) is 63.1 Å². The SMILES string of the molecule is CC(C)(c1ccc2ncccc2c1)n1nnc2ncc(-c3ccc(P(C)(C)=O)c(F)c3)nc21. The number of fused-ring (bicyclic) bond motifs is 2. The molecule has 5 aromatic rings. The van der Waals surface area contributed by atoms with Crippen LogP contribution in [0.25, 0.3) is 33.5 Å². The maximum Gasteiger partial charge on any atom is 0.221 e. The number of nitrogens with zero attached hydrogens (tertiary/aromatic N) is 6. The van der Waals surface area contributed by atoms with E-state index < -0.39 is 18.5 Å². The zero-order valence-electron chi connectivity index (χ0n) is 18.7. The Labute approximate surface area is 190 Å². The third-order valence-electron chi connectivity index (χ3n) is 5.83. The van der Waals surface area contributed by atoms with Crippen LogP contribution in [0.2, 0.25) is 0 Å². The van der Waals surface area contributed by atoms with Gasteiger partial charge in [-0.3, -0.25) is 4.98 Å². The first-order chi connectivity index (χ1) is 15.6. The molecule has 0 aliphatic rings. The first-order valence-corrected chi connectivity index (χ1v) is 13.0. The van der Waals surface area contributed by atoms with E-state index in [1.807, 2.05) is 38.1 Å². The predicted molar refractivity (Wildman–Crippen MR) is 128 cm³/mol. The molecular weight excluding hydrogens is 438 g/mol. The molecule has 0 radical (unpaired) electrons. The van der Waals surface area contributed by atoms with Gasteiger partial charge in [0.25, 0.3) is 0 Å². The summed E-state index contributed by atoms with van der Waals surface area (Å²) in [7, 11) is -2.72. The lowest BCUT2D eigenvalue weighted by Crippen LogP contribution is -2.29. The second kappa shape index (κ2) is 7.52. The molecule has 3 heterocycles. The molecule has 0 aliphatic heterocycles. The van der Waals surface area contributed by atoms with Crippen molar-refractivity contribution in [1.82, 2.24) is 29.9 Å². The molecule has 7 nitrogen and oxygen atoms in total. The van der Waals surface area contributed by atoms with Gasteiger partial charge < -0.3 is 4.57 Å². The number of halogens is 1. The average Bonchev–Trinajstić information content (AvgIpc) is 3.22. The predicted octanol–water partition coefficient (Wildman–Crippen LogP) is 4.61. The molecule has 0 N–H and O–H groups in total. The minimum atomic E-state index is -2.72. The molecule has 3 aromatic heterocycles. The Morgan fingerprint density at radius 2 is 1.85 bits per heavy atom. The van der Waals surface area contributed by atoms with Crippen LogP contribution in [0.1, 0.15) is 19.4 Å². The first kappa shape index (κ1) is 21.3. The highest BCUT2D eigenvalue weighted by Gasteiger charge is 2.28. The van der Waals surface area contributed by atoms with Crippen LogP contribution in [0.4, 0.5) is 4.39 Å². The molecule has 0 amide bonds. The molecule has 0 saturated heterocycles. The lowest BCUT2D eigenvalue weighted by atomic mass is 9.93. The molecule has 0 atom stereocenters. The van der Waals surface area contributed by atoms with Crippen LogP contribution in [0.3, 0.4) is 0 Å². The smallest absolute Gasteiger partial charge is 0.221 e. The number of aromatic nitrogens is 6. The molecule has 0 aliphatic carbocycles. The first-order valence-electron chi connectivity index (χ1n) is 10.4. The molecule has 0 fully saturated rings. The van der Waals surface area contributed by atoms with E-state index in [0.717, 1.165) is 16.5 Å². The Bertz CT molecular complexity index is 1570. The monoisotopic (exact) mass is 460 g/mol. The average molecular weight is 460 g/mol. The second-order valence-corrected chi connectivity index (χ2v) is 12.1. The summed E-state index contributed by atoms with van der Waals surface area (Å²) in [5.41, 5.74) is 3.26. The summed E-state index contributed by atoms with van der Waals surface area (Å²) in [6.07, 6.45) is 3.31. The van der Waals surface area contributed by atoms with Gasteiger partial charge in [-0.2, -0.15) is 0 Å². The van der Waals surface area contributed by atoms with Gasteiger partial charge in [0.1, 0.15) is 13.0 Å². The van der Waals surface area contributed by atoms with E-state index in [9.17, 15) is 8.96 Å². The lowest BCUT2D eigenvalue weighted by Gasteiger charge is -2.26. The molecule has 2 aromatic carbocycles. The van der Waals surface area contributed by atoms with Gasteiger partial charge in [0.2, 0.25) is 5.65 Å². The maximum atomic E-state index is 14.6. The van der Waals surface area contributed by atoms with Crippen molar-refractivity contribution < 1.29 is 8.96 Å². The normalized spacial score (nSPS) is 12.5. The molecular formula is C24H22FN6OP. The second-order valence-electron chi connectivity index (χ2n) is 8.89. The fourth-order valence-electron chi connectivity index (χ4n) is 3.91. The Balaban J connectivity index is 1.61. The van der Waals surface area contributed by atoms with E-state index in [0.29, 0.717) is 22.6 Å². The van der Waals surface area contributed by atoms with Crippen LogP contribution < -0.4 is 5.30 Å². The largest absolute Gasteiger partial charge is 0.319 e. The zero-order chi connectivity index (χ0) is 23.4. The van der Waals surface area contributed by atoms with Crippen molar-refractivity contribution in [3.63, 3.8) is 0 Å². The van der Waals surface area contributed by atoms with Crippen molar-refractivity contribution in [2.75, 3.05) is 13.3 Å². The summed E-state index contributed by atoms with van der Waals surface area (Å²) in [4.78, 5) is 13.5. The van der Waals surface area contributed by atoms with Crippen molar-refractivity contribution in [2.45, 2.75) is 19.4 Å². The van der Waals surface area contributed by atoms with Crippen molar-refractivity contribution in [3.8, 4) is 11.3 Å². The standard InChI is InChI=1S/C24H22FN6OP/c1-24(2,17-8-9-19-15(12-17)6-5-11-26-19)31-23-22(29-30-31)27-14-20(28-23)16-7-10-21(18(25)13-16)33(3,4)32/h5-14H,1-4H3. The number of hydrogen-bond acceptors (Lipinski definition) is 6. The molecule has 0 spiro atoms. The van der Waals surface area contributed by atoms with Crippen molar-refractivity contribution in [3.05, 3.63) is 72.3 Å². The van der Waals surface area contributed by atoms with Crippen LogP contribution in [-0.2, 0) is 10.1 Å². The van der Waals surface area contributed by atoms with Gasteiger partial charge in [0.15, 0.2) is 5.65 Å². The third-order valence-corrected chi connectivity index (χ3v) is 7.35. The van der Waals surface area contributed by atoms with Crippen LogP contribution in [-0.4, -0.2) is 43.3 Å². The van der Waals surface area contributed by atoms with Crippen LogP contribution in [0, 0.1) is 5.82 Å². The van der Waals surface area contributed by atoms with Crippen molar-refractivity contribution in [1.29, 1.82) is 0 Å². The van der Waals surface area contributed by atoms with E-state index in [1.54, 1.807) is 42.5 Å². The summed E-state index contributed by atoms with van der Waals surface area (Å²) in [6.45, 7) is 7.15. The van der Waals surface area contributed by atoms with E-state index in [1.165, 1.54) is 6.07 Å². The third kappa shape index (κ3) is 3.70. The quantitative estimate of drug-likeness (QED) is 0.364. The Morgan fingerprint density at radius 1 is 1.03 bits per heavy atom. The number of pyridine rings is 1. The summed E-state index contributed by atoms with van der Waals surface area (Å²) >= 11 is 0. The Hall–Kier alpha value is -3.51. The van der Waals surface area contributed by atoms with E-state index in [-0.39, 0.29) is 5.30 Å². The molecule has 0 bridgehead atoms. The number of benzene rings is 2. The molecule has 0 unspecified atom stereocenters. The molecule has 9 heteroatoms. The summed E-state index contributed by atoms with van der Waals surface area (Å²) in [6, 6.07) is 14.6. The number of hydrogen-bond donors (Lipinski definition) is 0. The van der Waals surface area contributed by atoms with Gasteiger partial charge in [-0.15, -0.1) is 5.10 Å². The number of rotatable bonds is 4. The minimum Gasteiger partial charge on any atom is -0.319 e. The van der Waals surface area contributed by atoms with Crippen molar-refractivity contribution >= 4 is 34.6 Å².